The van der Waals surface area contributed by atoms with Gasteiger partial charge in [0.1, 0.15) is 0 Å². The third-order valence-corrected chi connectivity index (χ3v) is 5.00. The van der Waals surface area contributed by atoms with Gasteiger partial charge in [-0.25, -0.2) is 13.1 Å². The van der Waals surface area contributed by atoms with Gasteiger partial charge in [0.05, 0.1) is 5.25 Å². The van der Waals surface area contributed by atoms with Crippen molar-refractivity contribution >= 4 is 10.0 Å². The fourth-order valence-corrected chi connectivity index (χ4v) is 2.76. The van der Waals surface area contributed by atoms with Gasteiger partial charge in [0.2, 0.25) is 10.0 Å². The molecule has 3 nitrogen and oxygen atoms in total. The fraction of sp³-hybridized carbons (Fsp3) is 0.571. The van der Waals surface area contributed by atoms with Crippen molar-refractivity contribution in [1.82, 2.24) is 4.72 Å². The molecule has 0 amide bonds. The smallest absolute Gasteiger partial charge is 0.212 e. The van der Waals surface area contributed by atoms with Crippen molar-refractivity contribution in [2.45, 2.75) is 51.3 Å². The van der Waals surface area contributed by atoms with Crippen LogP contribution in [0, 0.1) is 0 Å². The van der Waals surface area contributed by atoms with E-state index in [9.17, 15) is 8.42 Å². The molecule has 0 fully saturated rings. The maximum atomic E-state index is 11.8. The van der Waals surface area contributed by atoms with Crippen LogP contribution in [0.1, 0.15) is 39.7 Å². The van der Waals surface area contributed by atoms with Crippen LogP contribution in [0.15, 0.2) is 30.3 Å². The van der Waals surface area contributed by atoms with E-state index >= 15 is 0 Å². The van der Waals surface area contributed by atoms with E-state index in [0.717, 1.165) is 12.8 Å². The highest BCUT2D eigenvalue weighted by Gasteiger charge is 2.26. The zero-order chi connectivity index (χ0) is 13.8. The van der Waals surface area contributed by atoms with E-state index in [1.165, 1.54) is 5.56 Å². The lowest BCUT2D eigenvalue weighted by molar-refractivity contribution is 0.420. The molecule has 0 spiro atoms. The van der Waals surface area contributed by atoms with E-state index in [0.29, 0.717) is 0 Å². The Morgan fingerprint density at radius 1 is 1.17 bits per heavy atom. The summed E-state index contributed by atoms with van der Waals surface area (Å²) in [6, 6.07) is 10.1. The molecule has 0 bridgehead atoms. The van der Waals surface area contributed by atoms with Crippen molar-refractivity contribution in [3.63, 3.8) is 0 Å². The summed E-state index contributed by atoms with van der Waals surface area (Å²) in [7, 11) is -3.21. The SMILES string of the molecule is CC(C)S(=O)(=O)NC(C)(C)CCc1ccccc1. The zero-order valence-corrected chi connectivity index (χ0v) is 12.4. The number of sulfonamides is 1. The lowest BCUT2D eigenvalue weighted by atomic mass is 9.97. The molecule has 0 saturated heterocycles. The number of hydrogen-bond donors (Lipinski definition) is 1. The molecule has 1 aromatic rings. The predicted octanol–water partition coefficient (Wildman–Crippen LogP) is 2.73. The predicted molar refractivity (Wildman–Crippen MR) is 76.0 cm³/mol. The maximum Gasteiger partial charge on any atom is 0.214 e. The van der Waals surface area contributed by atoms with Gasteiger partial charge in [-0.2, -0.15) is 0 Å². The van der Waals surface area contributed by atoms with Gasteiger partial charge < -0.3 is 0 Å². The fourth-order valence-electron chi connectivity index (χ4n) is 1.66. The monoisotopic (exact) mass is 269 g/mol. The van der Waals surface area contributed by atoms with Crippen LogP contribution in [-0.2, 0) is 16.4 Å². The van der Waals surface area contributed by atoms with E-state index < -0.39 is 20.8 Å². The largest absolute Gasteiger partial charge is 0.214 e. The summed E-state index contributed by atoms with van der Waals surface area (Å²) in [5.41, 5.74) is 0.813. The normalized spacial score (nSPS) is 12.9. The third-order valence-electron chi connectivity index (χ3n) is 2.92. The quantitative estimate of drug-likeness (QED) is 0.863. The highest BCUT2D eigenvalue weighted by Crippen LogP contribution is 2.16. The number of hydrogen-bond acceptors (Lipinski definition) is 2. The van der Waals surface area contributed by atoms with Gasteiger partial charge in [0, 0.05) is 5.54 Å². The summed E-state index contributed by atoms with van der Waals surface area (Å²) in [5.74, 6) is 0. The molecule has 0 aromatic heterocycles. The van der Waals surface area contributed by atoms with Crippen LogP contribution >= 0.6 is 0 Å². The van der Waals surface area contributed by atoms with Crippen molar-refractivity contribution in [3.8, 4) is 0 Å². The summed E-state index contributed by atoms with van der Waals surface area (Å²) in [4.78, 5) is 0. The van der Waals surface area contributed by atoms with Gasteiger partial charge in [0.25, 0.3) is 0 Å². The summed E-state index contributed by atoms with van der Waals surface area (Å²) < 4.78 is 26.5. The van der Waals surface area contributed by atoms with Crippen LogP contribution in [0.25, 0.3) is 0 Å². The topological polar surface area (TPSA) is 46.2 Å². The summed E-state index contributed by atoms with van der Waals surface area (Å²) in [6.07, 6.45) is 1.65. The average molecular weight is 269 g/mol. The van der Waals surface area contributed by atoms with E-state index in [1.807, 2.05) is 32.0 Å². The van der Waals surface area contributed by atoms with E-state index in [1.54, 1.807) is 13.8 Å². The van der Waals surface area contributed by atoms with E-state index in [4.69, 9.17) is 0 Å². The minimum absolute atomic E-state index is 0.395. The summed E-state index contributed by atoms with van der Waals surface area (Å²) in [6.45, 7) is 7.23. The van der Waals surface area contributed by atoms with Gasteiger partial charge in [-0.3, -0.25) is 0 Å². The van der Waals surface area contributed by atoms with Crippen LogP contribution < -0.4 is 4.72 Å². The minimum atomic E-state index is -3.21. The van der Waals surface area contributed by atoms with Crippen molar-refractivity contribution < 1.29 is 8.42 Å². The molecule has 18 heavy (non-hydrogen) atoms. The molecular formula is C14H23NO2S. The molecule has 0 unspecified atom stereocenters. The molecule has 0 heterocycles. The Kier molecular flexibility index (Phi) is 4.93. The first-order chi connectivity index (χ1) is 8.23. The molecule has 0 aliphatic carbocycles. The second kappa shape index (κ2) is 5.85. The Morgan fingerprint density at radius 2 is 1.72 bits per heavy atom. The van der Waals surface area contributed by atoms with Crippen molar-refractivity contribution in [2.75, 3.05) is 0 Å². The molecule has 0 saturated carbocycles. The number of benzene rings is 1. The van der Waals surface area contributed by atoms with E-state index in [-0.39, 0.29) is 0 Å². The van der Waals surface area contributed by atoms with Gasteiger partial charge >= 0.3 is 0 Å². The molecular weight excluding hydrogens is 246 g/mol. The Balaban J connectivity index is 2.61. The van der Waals surface area contributed by atoms with Crippen LogP contribution in [0.4, 0.5) is 0 Å². The minimum Gasteiger partial charge on any atom is -0.212 e. The van der Waals surface area contributed by atoms with E-state index in [2.05, 4.69) is 16.9 Å². The lowest BCUT2D eigenvalue weighted by Gasteiger charge is -2.27. The number of aryl methyl sites for hydroxylation is 1. The standard InChI is InChI=1S/C14H23NO2S/c1-12(2)18(16,17)15-14(3,4)11-10-13-8-6-5-7-9-13/h5-9,12,15H,10-11H2,1-4H3. The molecule has 0 radical (unpaired) electrons. The molecule has 1 aromatic carbocycles. The summed E-state index contributed by atoms with van der Waals surface area (Å²) in [5, 5.41) is -0.395. The zero-order valence-electron chi connectivity index (χ0n) is 11.6. The number of rotatable bonds is 6. The summed E-state index contributed by atoms with van der Waals surface area (Å²) >= 11 is 0. The molecule has 1 rings (SSSR count). The molecule has 0 aliphatic rings. The molecule has 0 atom stereocenters. The highest BCUT2D eigenvalue weighted by atomic mass is 32.2. The Morgan fingerprint density at radius 3 is 2.22 bits per heavy atom. The Labute approximate surface area is 111 Å². The van der Waals surface area contributed by atoms with Crippen LogP contribution in [0.2, 0.25) is 0 Å². The highest BCUT2D eigenvalue weighted by molar-refractivity contribution is 7.90. The Hall–Kier alpha value is -0.870. The lowest BCUT2D eigenvalue weighted by Crippen LogP contribution is -2.46. The first kappa shape index (κ1) is 15.2. The van der Waals surface area contributed by atoms with Crippen molar-refractivity contribution in [3.05, 3.63) is 35.9 Å². The second-order valence-electron chi connectivity index (χ2n) is 5.57. The number of nitrogens with one attached hydrogen (secondary N) is 1. The third kappa shape index (κ3) is 4.78. The molecule has 0 aliphatic heterocycles. The molecule has 102 valence electrons. The second-order valence-corrected chi connectivity index (χ2v) is 7.80. The van der Waals surface area contributed by atoms with Crippen molar-refractivity contribution in [1.29, 1.82) is 0 Å². The van der Waals surface area contributed by atoms with Crippen LogP contribution in [0.5, 0.6) is 0 Å². The molecule has 4 heteroatoms. The van der Waals surface area contributed by atoms with Gasteiger partial charge in [-0.15, -0.1) is 0 Å². The van der Waals surface area contributed by atoms with Gasteiger partial charge in [0.15, 0.2) is 0 Å². The Bertz CT molecular complexity index is 464. The van der Waals surface area contributed by atoms with Gasteiger partial charge in [-0.1, -0.05) is 30.3 Å². The van der Waals surface area contributed by atoms with Gasteiger partial charge in [-0.05, 0) is 46.1 Å². The average Bonchev–Trinajstić information content (AvgIpc) is 2.26. The van der Waals surface area contributed by atoms with Crippen LogP contribution in [0.3, 0.4) is 0 Å². The molecule has 1 N–H and O–H groups in total. The van der Waals surface area contributed by atoms with Crippen LogP contribution in [-0.4, -0.2) is 19.2 Å². The maximum absolute atomic E-state index is 11.8. The van der Waals surface area contributed by atoms with Crippen molar-refractivity contribution in [2.24, 2.45) is 0 Å². The first-order valence-electron chi connectivity index (χ1n) is 6.30. The first-order valence-corrected chi connectivity index (χ1v) is 7.84.